The number of aromatic nitrogens is 2. The predicted molar refractivity (Wildman–Crippen MR) is 67.8 cm³/mol. The standard InChI is InChI=1S/C12H5ClF2N2S/c13-12-16-9-3-4-18-11(9)10(17-12)7-2-1-6(14)5-8(7)15/h1-5H. The molecule has 2 aromatic heterocycles. The first-order valence-corrected chi connectivity index (χ1v) is 6.27. The molecular weight excluding hydrogens is 278 g/mol. The summed E-state index contributed by atoms with van der Waals surface area (Å²) in [4.78, 5) is 8.07. The third kappa shape index (κ3) is 1.85. The van der Waals surface area contributed by atoms with E-state index in [0.717, 1.165) is 10.8 Å². The summed E-state index contributed by atoms with van der Waals surface area (Å²) in [6.45, 7) is 0. The summed E-state index contributed by atoms with van der Waals surface area (Å²) in [6, 6.07) is 5.14. The predicted octanol–water partition coefficient (Wildman–Crippen LogP) is 4.29. The van der Waals surface area contributed by atoms with Gasteiger partial charge < -0.3 is 0 Å². The molecule has 0 fully saturated rings. The van der Waals surface area contributed by atoms with Crippen molar-refractivity contribution in [2.75, 3.05) is 0 Å². The zero-order chi connectivity index (χ0) is 12.7. The Balaban J connectivity index is 2.33. The Kier molecular flexibility index (Phi) is 2.72. The van der Waals surface area contributed by atoms with Crippen LogP contribution in [0.2, 0.25) is 5.28 Å². The second kappa shape index (κ2) is 4.26. The largest absolute Gasteiger partial charge is 0.223 e. The lowest BCUT2D eigenvalue weighted by Gasteiger charge is -2.04. The van der Waals surface area contributed by atoms with Crippen LogP contribution in [0.1, 0.15) is 0 Å². The molecule has 2 heterocycles. The van der Waals surface area contributed by atoms with Gasteiger partial charge in [-0.1, -0.05) is 0 Å². The molecule has 3 rings (SSSR count). The van der Waals surface area contributed by atoms with Crippen molar-refractivity contribution < 1.29 is 8.78 Å². The van der Waals surface area contributed by atoms with Crippen LogP contribution < -0.4 is 0 Å². The molecule has 18 heavy (non-hydrogen) atoms. The van der Waals surface area contributed by atoms with Gasteiger partial charge in [0, 0.05) is 11.6 Å². The van der Waals surface area contributed by atoms with Crippen LogP contribution in [0.4, 0.5) is 8.78 Å². The highest BCUT2D eigenvalue weighted by Gasteiger charge is 2.14. The number of hydrogen-bond donors (Lipinski definition) is 0. The van der Waals surface area contributed by atoms with Crippen molar-refractivity contribution in [2.45, 2.75) is 0 Å². The zero-order valence-electron chi connectivity index (χ0n) is 8.82. The van der Waals surface area contributed by atoms with Crippen LogP contribution in [0.15, 0.2) is 29.6 Å². The Morgan fingerprint density at radius 2 is 1.94 bits per heavy atom. The monoisotopic (exact) mass is 282 g/mol. The molecule has 90 valence electrons. The minimum Gasteiger partial charge on any atom is -0.217 e. The smallest absolute Gasteiger partial charge is 0.217 e. The molecule has 0 amide bonds. The molecule has 3 aromatic rings. The van der Waals surface area contributed by atoms with E-state index in [1.165, 1.54) is 23.5 Å². The molecule has 0 spiro atoms. The third-order valence-corrected chi connectivity index (χ3v) is 3.54. The van der Waals surface area contributed by atoms with Crippen LogP contribution >= 0.6 is 22.9 Å². The molecule has 0 bridgehead atoms. The Bertz CT molecular complexity index is 742. The average molecular weight is 283 g/mol. The molecule has 0 radical (unpaired) electrons. The van der Waals surface area contributed by atoms with Gasteiger partial charge in [-0.15, -0.1) is 11.3 Å². The first-order valence-electron chi connectivity index (χ1n) is 5.01. The van der Waals surface area contributed by atoms with Crippen LogP contribution in [0.3, 0.4) is 0 Å². The fourth-order valence-corrected chi connectivity index (χ4v) is 2.71. The maximum absolute atomic E-state index is 13.8. The van der Waals surface area contributed by atoms with E-state index < -0.39 is 11.6 Å². The van der Waals surface area contributed by atoms with Gasteiger partial charge in [-0.05, 0) is 35.2 Å². The summed E-state index contributed by atoms with van der Waals surface area (Å²) >= 11 is 7.19. The van der Waals surface area contributed by atoms with E-state index in [9.17, 15) is 8.78 Å². The summed E-state index contributed by atoms with van der Waals surface area (Å²) in [5, 5.41) is 1.86. The number of halogens is 3. The molecule has 0 aliphatic carbocycles. The molecule has 6 heteroatoms. The van der Waals surface area contributed by atoms with Crippen molar-refractivity contribution in [1.82, 2.24) is 9.97 Å². The molecule has 1 aromatic carbocycles. The lowest BCUT2D eigenvalue weighted by molar-refractivity contribution is 0.585. The fraction of sp³-hybridized carbons (Fsp3) is 0. The fourth-order valence-electron chi connectivity index (χ4n) is 1.70. The van der Waals surface area contributed by atoms with Crippen molar-refractivity contribution in [1.29, 1.82) is 0 Å². The van der Waals surface area contributed by atoms with Crippen LogP contribution in [0.25, 0.3) is 21.5 Å². The van der Waals surface area contributed by atoms with Crippen LogP contribution in [0.5, 0.6) is 0 Å². The van der Waals surface area contributed by atoms with Gasteiger partial charge in [-0.3, -0.25) is 0 Å². The van der Waals surface area contributed by atoms with E-state index in [4.69, 9.17) is 11.6 Å². The Morgan fingerprint density at radius 3 is 2.72 bits per heavy atom. The zero-order valence-corrected chi connectivity index (χ0v) is 10.4. The molecule has 0 atom stereocenters. The molecule has 0 N–H and O–H groups in total. The van der Waals surface area contributed by atoms with Crippen molar-refractivity contribution in [3.8, 4) is 11.3 Å². The number of rotatable bonds is 1. The van der Waals surface area contributed by atoms with E-state index in [-0.39, 0.29) is 10.8 Å². The van der Waals surface area contributed by atoms with Crippen molar-refractivity contribution in [3.05, 3.63) is 46.6 Å². The number of nitrogens with zero attached hydrogens (tertiary/aromatic N) is 2. The van der Waals surface area contributed by atoms with Crippen molar-refractivity contribution in [2.24, 2.45) is 0 Å². The van der Waals surface area contributed by atoms with E-state index >= 15 is 0 Å². The Morgan fingerprint density at radius 1 is 1.11 bits per heavy atom. The van der Waals surface area contributed by atoms with Gasteiger partial charge in [0.1, 0.15) is 11.6 Å². The lowest BCUT2D eigenvalue weighted by Crippen LogP contribution is -1.92. The van der Waals surface area contributed by atoms with Crippen molar-refractivity contribution in [3.63, 3.8) is 0 Å². The maximum Gasteiger partial charge on any atom is 0.223 e. The maximum atomic E-state index is 13.8. The van der Waals surface area contributed by atoms with Gasteiger partial charge in [0.25, 0.3) is 0 Å². The third-order valence-electron chi connectivity index (χ3n) is 2.46. The van der Waals surface area contributed by atoms with Gasteiger partial charge in [0.15, 0.2) is 0 Å². The number of thiophene rings is 1. The Hall–Kier alpha value is -1.59. The minimum absolute atomic E-state index is 0.0413. The summed E-state index contributed by atoms with van der Waals surface area (Å²) in [6.07, 6.45) is 0. The normalized spacial score (nSPS) is 11.1. The summed E-state index contributed by atoms with van der Waals surface area (Å²) in [7, 11) is 0. The van der Waals surface area contributed by atoms with Gasteiger partial charge in [0.2, 0.25) is 5.28 Å². The van der Waals surface area contributed by atoms with E-state index in [1.54, 1.807) is 6.07 Å². The summed E-state index contributed by atoms with van der Waals surface area (Å²) < 4.78 is 27.4. The highest BCUT2D eigenvalue weighted by Crippen LogP contribution is 2.32. The van der Waals surface area contributed by atoms with Crippen LogP contribution in [-0.2, 0) is 0 Å². The topological polar surface area (TPSA) is 25.8 Å². The molecular formula is C12H5ClF2N2S. The van der Waals surface area contributed by atoms with E-state index in [2.05, 4.69) is 9.97 Å². The number of hydrogen-bond acceptors (Lipinski definition) is 3. The quantitative estimate of drug-likeness (QED) is 0.622. The number of fused-ring (bicyclic) bond motifs is 1. The molecule has 0 unspecified atom stereocenters. The molecule has 0 saturated heterocycles. The summed E-state index contributed by atoms with van der Waals surface area (Å²) in [5.41, 5.74) is 1.25. The minimum atomic E-state index is -0.667. The molecule has 2 nitrogen and oxygen atoms in total. The molecule has 0 aliphatic heterocycles. The highest BCUT2D eigenvalue weighted by atomic mass is 35.5. The molecule has 0 aliphatic rings. The van der Waals surface area contributed by atoms with Gasteiger partial charge in [-0.25, -0.2) is 18.7 Å². The van der Waals surface area contributed by atoms with Crippen molar-refractivity contribution >= 4 is 33.2 Å². The SMILES string of the molecule is Fc1ccc(-c2nc(Cl)nc3ccsc23)c(F)c1. The second-order valence-corrected chi connectivity index (χ2v) is 4.85. The second-order valence-electron chi connectivity index (χ2n) is 3.60. The first kappa shape index (κ1) is 11.5. The molecule has 0 saturated carbocycles. The van der Waals surface area contributed by atoms with E-state index in [1.807, 2.05) is 5.38 Å². The van der Waals surface area contributed by atoms with Gasteiger partial charge in [-0.2, -0.15) is 0 Å². The van der Waals surface area contributed by atoms with Gasteiger partial charge >= 0.3 is 0 Å². The Labute approximate surface area is 110 Å². The van der Waals surface area contributed by atoms with E-state index in [0.29, 0.717) is 11.2 Å². The lowest BCUT2D eigenvalue weighted by atomic mass is 10.1. The highest BCUT2D eigenvalue weighted by molar-refractivity contribution is 7.17. The first-order chi connectivity index (χ1) is 8.65. The van der Waals surface area contributed by atoms with Crippen LogP contribution in [0, 0.1) is 11.6 Å². The van der Waals surface area contributed by atoms with Gasteiger partial charge in [0.05, 0.1) is 15.9 Å². The summed E-state index contributed by atoms with van der Waals surface area (Å²) in [5.74, 6) is -1.29. The average Bonchev–Trinajstić information content (AvgIpc) is 2.76. The number of benzene rings is 1. The van der Waals surface area contributed by atoms with Crippen LogP contribution in [-0.4, -0.2) is 9.97 Å².